The predicted molar refractivity (Wildman–Crippen MR) is 90.5 cm³/mol. The summed E-state index contributed by atoms with van der Waals surface area (Å²) >= 11 is 0. The molecule has 2 aliphatic carbocycles. The summed E-state index contributed by atoms with van der Waals surface area (Å²) in [5.41, 5.74) is 0.321. The fraction of sp³-hybridized carbons (Fsp3) is 0.944. The van der Waals surface area contributed by atoms with E-state index in [1.54, 1.807) is 6.92 Å². The molecule has 124 valence electrons. The molecule has 4 heteroatoms. The number of aliphatic hydroxyl groups excluding tert-OH is 1. The summed E-state index contributed by atoms with van der Waals surface area (Å²) < 4.78 is 0. The molecule has 2 saturated carbocycles. The Hall–Kier alpha value is 0.0200. The zero-order chi connectivity index (χ0) is 15.4. The van der Waals surface area contributed by atoms with Crippen LogP contribution in [-0.4, -0.2) is 45.4 Å². The fourth-order valence-electron chi connectivity index (χ4n) is 6.34. The lowest BCUT2D eigenvalue weighted by atomic mass is 9.60. The lowest BCUT2D eigenvalue weighted by molar-refractivity contribution is -0.119. The minimum absolute atomic E-state index is 0.0385. The van der Waals surface area contributed by atoms with Crippen LogP contribution in [0.15, 0.2) is 0 Å². The van der Waals surface area contributed by atoms with E-state index in [1.165, 1.54) is 32.1 Å². The van der Waals surface area contributed by atoms with Gasteiger partial charge in [-0.05, 0) is 76.5 Å². The summed E-state index contributed by atoms with van der Waals surface area (Å²) in [4.78, 5) is 14.8. The average molecular weight is 323 g/mol. The summed E-state index contributed by atoms with van der Waals surface area (Å²) in [5.74, 6) is 3.48. The maximum atomic E-state index is 12.0. The molecule has 0 amide bonds. The summed E-state index contributed by atoms with van der Waals surface area (Å²) in [7, 11) is 0.806. The monoisotopic (exact) mass is 323 g/mol. The molecule has 4 fully saturated rings. The first-order valence-electron chi connectivity index (χ1n) is 9.28. The zero-order valence-electron chi connectivity index (χ0n) is 13.9. The van der Waals surface area contributed by atoms with Gasteiger partial charge >= 0.3 is 0 Å². The second kappa shape index (κ2) is 5.83. The van der Waals surface area contributed by atoms with Gasteiger partial charge in [0.15, 0.2) is 0 Å². The van der Waals surface area contributed by atoms with Crippen molar-refractivity contribution in [2.45, 2.75) is 88.4 Å². The van der Waals surface area contributed by atoms with Crippen LogP contribution in [0.3, 0.4) is 0 Å². The van der Waals surface area contributed by atoms with Gasteiger partial charge < -0.3 is 5.11 Å². The van der Waals surface area contributed by atoms with Crippen molar-refractivity contribution >= 4 is 14.4 Å². The number of carbonyl (C=O) groups excluding carboxylic acids is 1. The number of fused-ring (bicyclic) bond motifs is 5. The Balaban J connectivity index is 1.55. The van der Waals surface area contributed by atoms with Gasteiger partial charge in [-0.3, -0.25) is 9.69 Å². The minimum Gasteiger partial charge on any atom is -0.393 e. The molecule has 0 radical (unpaired) electrons. The van der Waals surface area contributed by atoms with Crippen molar-refractivity contribution in [3.8, 4) is 0 Å². The highest BCUT2D eigenvalue weighted by molar-refractivity contribution is 7.41. The Morgan fingerprint density at radius 1 is 1.05 bits per heavy atom. The van der Waals surface area contributed by atoms with E-state index in [1.807, 2.05) is 0 Å². The van der Waals surface area contributed by atoms with Crippen LogP contribution < -0.4 is 0 Å². The molecule has 4 aliphatic rings. The molecule has 2 saturated heterocycles. The van der Waals surface area contributed by atoms with Crippen LogP contribution in [0, 0.1) is 17.8 Å². The molecule has 4 rings (SSSR count). The number of hydrogen-bond acceptors (Lipinski definition) is 3. The van der Waals surface area contributed by atoms with Crippen LogP contribution in [0.2, 0.25) is 0 Å². The van der Waals surface area contributed by atoms with E-state index in [9.17, 15) is 9.90 Å². The molecule has 22 heavy (non-hydrogen) atoms. The van der Waals surface area contributed by atoms with Gasteiger partial charge in [-0.2, -0.15) is 0 Å². The van der Waals surface area contributed by atoms with Gasteiger partial charge in [0.05, 0.1) is 11.8 Å². The van der Waals surface area contributed by atoms with Crippen LogP contribution in [0.1, 0.15) is 58.8 Å². The molecule has 0 aromatic heterocycles. The van der Waals surface area contributed by atoms with E-state index in [0.29, 0.717) is 23.3 Å². The number of carbonyl (C=O) groups is 1. The third kappa shape index (κ3) is 2.39. The van der Waals surface area contributed by atoms with Gasteiger partial charge in [-0.25, -0.2) is 0 Å². The van der Waals surface area contributed by atoms with Crippen molar-refractivity contribution in [2.75, 3.05) is 0 Å². The summed E-state index contributed by atoms with van der Waals surface area (Å²) in [6.45, 7) is 4.16. The maximum absolute atomic E-state index is 12.0. The van der Waals surface area contributed by atoms with Crippen LogP contribution >= 0.6 is 8.58 Å². The van der Waals surface area contributed by atoms with Crippen molar-refractivity contribution in [2.24, 2.45) is 17.8 Å². The van der Waals surface area contributed by atoms with E-state index < -0.39 is 0 Å². The van der Waals surface area contributed by atoms with Crippen molar-refractivity contribution < 1.29 is 9.90 Å². The lowest BCUT2D eigenvalue weighted by Crippen LogP contribution is -2.57. The Labute approximate surface area is 136 Å². The Bertz CT molecular complexity index is 456. The molecule has 0 aromatic rings. The number of piperidine rings is 1. The Kier molecular flexibility index (Phi) is 4.12. The first-order chi connectivity index (χ1) is 10.6. The molecule has 0 spiro atoms. The van der Waals surface area contributed by atoms with E-state index in [0.717, 1.165) is 45.2 Å². The normalized spacial score (nSPS) is 52.9. The molecule has 0 bridgehead atoms. The fourth-order valence-corrected chi connectivity index (χ4v) is 8.21. The maximum Gasteiger partial charge on any atom is 0.138 e. The van der Waals surface area contributed by atoms with Crippen molar-refractivity contribution in [1.29, 1.82) is 0 Å². The van der Waals surface area contributed by atoms with Gasteiger partial charge in [0.2, 0.25) is 0 Å². The predicted octanol–water partition coefficient (Wildman–Crippen LogP) is 3.00. The summed E-state index contributed by atoms with van der Waals surface area (Å²) in [6.07, 6.45) is 8.41. The standard InChI is InChI=1S/C18H30NO2P/c1-10(20)18-17-8-6-15-14-5-4-13(21)9-12(14)3-7-16(15)19(17)11(2)22-18/h11-18,21-22H,3-9H2,1-2H3/t11?,12-,13+,14-,15+,16+,17+,18-/m0/s1. The topological polar surface area (TPSA) is 40.5 Å². The molecule has 2 unspecified atom stereocenters. The van der Waals surface area contributed by atoms with Crippen LogP contribution in [-0.2, 0) is 4.79 Å². The smallest absolute Gasteiger partial charge is 0.138 e. The van der Waals surface area contributed by atoms with Gasteiger partial charge in [0.25, 0.3) is 0 Å². The summed E-state index contributed by atoms with van der Waals surface area (Å²) in [5, 5.41) is 9.99. The molecule has 2 heterocycles. The highest BCUT2D eigenvalue weighted by Gasteiger charge is 2.53. The van der Waals surface area contributed by atoms with Gasteiger partial charge in [0.1, 0.15) is 5.78 Å². The highest BCUT2D eigenvalue weighted by Crippen LogP contribution is 2.55. The lowest BCUT2D eigenvalue weighted by Gasteiger charge is -2.54. The van der Waals surface area contributed by atoms with Gasteiger partial charge in [-0.15, -0.1) is 0 Å². The van der Waals surface area contributed by atoms with Crippen molar-refractivity contribution in [1.82, 2.24) is 4.90 Å². The van der Waals surface area contributed by atoms with Crippen LogP contribution in [0.5, 0.6) is 0 Å². The Morgan fingerprint density at radius 3 is 2.55 bits per heavy atom. The second-order valence-corrected chi connectivity index (χ2v) is 10.0. The number of nitrogens with zero attached hydrogens (tertiary/aromatic N) is 1. The van der Waals surface area contributed by atoms with E-state index in [-0.39, 0.29) is 6.10 Å². The molecule has 0 aromatic carbocycles. The third-order valence-electron chi connectivity index (χ3n) is 7.14. The van der Waals surface area contributed by atoms with Gasteiger partial charge in [0, 0.05) is 17.9 Å². The first kappa shape index (κ1) is 15.5. The SMILES string of the molecule is CC(=O)[C@@H]1PC(C)N2[C@@H]3CC[C@H]4C[C@H](O)CC[C@@H]4[C@H]3CC[C@H]12. The highest BCUT2D eigenvalue weighted by atomic mass is 31.1. The Morgan fingerprint density at radius 2 is 1.77 bits per heavy atom. The average Bonchev–Trinajstić information content (AvgIpc) is 2.84. The number of ketones is 1. The van der Waals surface area contributed by atoms with Crippen molar-refractivity contribution in [3.63, 3.8) is 0 Å². The molecule has 9 atom stereocenters. The molecule has 1 N–H and O–H groups in total. The molecular weight excluding hydrogens is 293 g/mol. The van der Waals surface area contributed by atoms with Crippen LogP contribution in [0.25, 0.3) is 0 Å². The molecule has 3 nitrogen and oxygen atoms in total. The first-order valence-corrected chi connectivity index (χ1v) is 10.4. The minimum atomic E-state index is -0.0385. The van der Waals surface area contributed by atoms with E-state index >= 15 is 0 Å². The quantitative estimate of drug-likeness (QED) is 0.754. The summed E-state index contributed by atoms with van der Waals surface area (Å²) in [6, 6.07) is 1.26. The zero-order valence-corrected chi connectivity index (χ0v) is 14.9. The van der Waals surface area contributed by atoms with E-state index in [4.69, 9.17) is 0 Å². The van der Waals surface area contributed by atoms with E-state index in [2.05, 4.69) is 11.8 Å². The number of aliphatic hydroxyl groups is 1. The largest absolute Gasteiger partial charge is 0.393 e. The van der Waals surface area contributed by atoms with Gasteiger partial charge in [-0.1, -0.05) is 8.58 Å². The number of rotatable bonds is 1. The van der Waals surface area contributed by atoms with Crippen molar-refractivity contribution in [3.05, 3.63) is 0 Å². The number of Topliss-reactive ketones (excluding diaryl/α,β-unsaturated/α-hetero) is 1. The molecular formula is C18H30NO2P. The van der Waals surface area contributed by atoms with Crippen LogP contribution in [0.4, 0.5) is 0 Å². The molecule has 2 aliphatic heterocycles. The number of hydrogen-bond donors (Lipinski definition) is 1. The third-order valence-corrected chi connectivity index (χ3v) is 9.07. The second-order valence-electron chi connectivity index (χ2n) is 8.22.